The molecule has 0 spiro atoms. The summed E-state index contributed by atoms with van der Waals surface area (Å²) in [6.07, 6.45) is 0.883. The van der Waals surface area contributed by atoms with Crippen LogP contribution < -0.4 is 5.32 Å². The molecule has 0 saturated carbocycles. The lowest BCUT2D eigenvalue weighted by atomic mass is 10.1. The van der Waals surface area contributed by atoms with Gasteiger partial charge in [0.1, 0.15) is 5.75 Å². The van der Waals surface area contributed by atoms with E-state index in [2.05, 4.69) is 17.4 Å². The number of ketones is 1. The summed E-state index contributed by atoms with van der Waals surface area (Å²) >= 11 is 0. The van der Waals surface area contributed by atoms with Gasteiger partial charge in [-0.05, 0) is 37.6 Å². The molecule has 104 valence electrons. The third-order valence-electron chi connectivity index (χ3n) is 3.17. The number of phenolic OH excluding ortho intramolecular Hbond substituents is 1. The Morgan fingerprint density at radius 1 is 1.15 bits per heavy atom. The van der Waals surface area contributed by atoms with Gasteiger partial charge in [0.25, 0.3) is 0 Å². The number of rotatable bonds is 6. The first kappa shape index (κ1) is 14.3. The largest absolute Gasteiger partial charge is 0.507 e. The highest BCUT2D eigenvalue weighted by molar-refractivity contribution is 6.00. The van der Waals surface area contributed by atoms with Crippen molar-refractivity contribution in [3.8, 4) is 5.75 Å². The third kappa shape index (κ3) is 3.93. The molecule has 0 bridgehead atoms. The van der Waals surface area contributed by atoms with Crippen LogP contribution in [-0.2, 0) is 6.42 Å². The van der Waals surface area contributed by atoms with Crippen molar-refractivity contribution in [1.82, 2.24) is 5.32 Å². The first-order chi connectivity index (χ1) is 9.66. The average molecular weight is 269 g/mol. The number of hydrogen-bond acceptors (Lipinski definition) is 3. The van der Waals surface area contributed by atoms with E-state index >= 15 is 0 Å². The highest BCUT2D eigenvalue weighted by atomic mass is 16.3. The van der Waals surface area contributed by atoms with Gasteiger partial charge >= 0.3 is 0 Å². The zero-order valence-electron chi connectivity index (χ0n) is 11.6. The Hall–Kier alpha value is -2.13. The van der Waals surface area contributed by atoms with Crippen LogP contribution in [0.2, 0.25) is 0 Å². The Kier molecular flexibility index (Phi) is 4.91. The van der Waals surface area contributed by atoms with Crippen LogP contribution in [0, 0.1) is 6.92 Å². The maximum Gasteiger partial charge on any atom is 0.180 e. The molecule has 2 N–H and O–H groups in total. The normalized spacial score (nSPS) is 10.4. The molecular formula is C17H19NO2. The minimum Gasteiger partial charge on any atom is -0.507 e. The van der Waals surface area contributed by atoms with Gasteiger partial charge in [-0.15, -0.1) is 0 Å². The van der Waals surface area contributed by atoms with Crippen LogP contribution in [0.4, 0.5) is 0 Å². The number of aryl methyl sites for hydroxylation is 1. The van der Waals surface area contributed by atoms with Gasteiger partial charge in [-0.25, -0.2) is 0 Å². The van der Waals surface area contributed by atoms with E-state index in [1.165, 1.54) is 5.56 Å². The predicted octanol–water partition coefficient (Wildman–Crippen LogP) is 2.72. The number of aromatic hydroxyl groups is 1. The zero-order valence-corrected chi connectivity index (χ0v) is 11.6. The fourth-order valence-corrected chi connectivity index (χ4v) is 2.05. The number of carbonyl (C=O) groups excluding carboxylic acids is 1. The Balaban J connectivity index is 1.82. The Morgan fingerprint density at radius 2 is 1.90 bits per heavy atom. The molecule has 0 aliphatic rings. The molecule has 3 heteroatoms. The van der Waals surface area contributed by atoms with Crippen molar-refractivity contribution in [2.24, 2.45) is 0 Å². The SMILES string of the molecule is Cc1ccc(O)c(C(=O)CNCCc2ccccc2)c1. The van der Waals surface area contributed by atoms with E-state index in [1.807, 2.05) is 25.1 Å². The summed E-state index contributed by atoms with van der Waals surface area (Å²) < 4.78 is 0. The van der Waals surface area contributed by atoms with Crippen LogP contribution in [0.5, 0.6) is 5.75 Å². The summed E-state index contributed by atoms with van der Waals surface area (Å²) in [7, 11) is 0. The van der Waals surface area contributed by atoms with Gasteiger partial charge in [0.2, 0.25) is 0 Å². The summed E-state index contributed by atoms with van der Waals surface area (Å²) in [5.74, 6) is -0.0373. The lowest BCUT2D eigenvalue weighted by Gasteiger charge is -2.07. The number of benzene rings is 2. The summed E-state index contributed by atoms with van der Waals surface area (Å²) in [5, 5.41) is 12.8. The number of hydrogen-bond donors (Lipinski definition) is 2. The number of phenols is 1. The molecule has 0 amide bonds. The first-order valence-electron chi connectivity index (χ1n) is 6.74. The summed E-state index contributed by atoms with van der Waals surface area (Å²) in [6, 6.07) is 15.2. The molecule has 0 saturated heterocycles. The maximum atomic E-state index is 12.0. The van der Waals surface area contributed by atoms with Crippen molar-refractivity contribution in [2.45, 2.75) is 13.3 Å². The van der Waals surface area contributed by atoms with Gasteiger partial charge in [-0.1, -0.05) is 42.0 Å². The van der Waals surface area contributed by atoms with Crippen LogP contribution in [0.15, 0.2) is 48.5 Å². The quantitative estimate of drug-likeness (QED) is 0.626. The van der Waals surface area contributed by atoms with Gasteiger partial charge in [-0.2, -0.15) is 0 Å². The van der Waals surface area contributed by atoms with E-state index in [4.69, 9.17) is 0 Å². The number of nitrogens with one attached hydrogen (secondary N) is 1. The summed E-state index contributed by atoms with van der Waals surface area (Å²) in [5.41, 5.74) is 2.60. The topological polar surface area (TPSA) is 49.3 Å². The van der Waals surface area contributed by atoms with E-state index in [0.29, 0.717) is 5.56 Å². The molecule has 0 radical (unpaired) electrons. The Labute approximate surface area is 119 Å². The molecule has 0 fully saturated rings. The average Bonchev–Trinajstić information content (AvgIpc) is 2.47. The summed E-state index contributed by atoms with van der Waals surface area (Å²) in [6.45, 7) is 2.88. The smallest absolute Gasteiger partial charge is 0.180 e. The third-order valence-corrected chi connectivity index (χ3v) is 3.17. The van der Waals surface area contributed by atoms with Crippen molar-refractivity contribution >= 4 is 5.78 Å². The maximum absolute atomic E-state index is 12.0. The van der Waals surface area contributed by atoms with Gasteiger partial charge in [0.15, 0.2) is 5.78 Å². The minimum atomic E-state index is -0.0840. The van der Waals surface area contributed by atoms with Crippen molar-refractivity contribution in [2.75, 3.05) is 13.1 Å². The molecule has 0 aromatic heterocycles. The van der Waals surface area contributed by atoms with Crippen LogP contribution in [-0.4, -0.2) is 24.0 Å². The van der Waals surface area contributed by atoms with Crippen molar-refractivity contribution in [3.05, 3.63) is 65.2 Å². The standard InChI is InChI=1S/C17H19NO2/c1-13-7-8-16(19)15(11-13)17(20)12-18-10-9-14-5-3-2-4-6-14/h2-8,11,18-19H,9-10,12H2,1H3. The molecule has 0 atom stereocenters. The second kappa shape index (κ2) is 6.87. The van der Waals surface area contributed by atoms with Crippen molar-refractivity contribution in [1.29, 1.82) is 0 Å². The first-order valence-corrected chi connectivity index (χ1v) is 6.74. The van der Waals surface area contributed by atoms with Crippen molar-refractivity contribution in [3.63, 3.8) is 0 Å². The van der Waals surface area contributed by atoms with E-state index in [9.17, 15) is 9.90 Å². The highest BCUT2D eigenvalue weighted by Crippen LogP contribution is 2.18. The highest BCUT2D eigenvalue weighted by Gasteiger charge is 2.10. The van der Waals surface area contributed by atoms with E-state index in [-0.39, 0.29) is 18.1 Å². The lowest BCUT2D eigenvalue weighted by molar-refractivity contribution is 0.0988. The van der Waals surface area contributed by atoms with Gasteiger partial charge in [0, 0.05) is 0 Å². The van der Waals surface area contributed by atoms with Crippen LogP contribution in [0.1, 0.15) is 21.5 Å². The van der Waals surface area contributed by atoms with Gasteiger partial charge in [0.05, 0.1) is 12.1 Å². The number of carbonyl (C=O) groups is 1. The zero-order chi connectivity index (χ0) is 14.4. The van der Waals surface area contributed by atoms with Crippen molar-refractivity contribution < 1.29 is 9.90 Å². The van der Waals surface area contributed by atoms with Crippen LogP contribution in [0.25, 0.3) is 0 Å². The molecule has 2 aromatic rings. The molecule has 20 heavy (non-hydrogen) atoms. The Morgan fingerprint density at radius 3 is 2.65 bits per heavy atom. The Bertz CT molecular complexity index is 579. The predicted molar refractivity (Wildman–Crippen MR) is 80.2 cm³/mol. The fourth-order valence-electron chi connectivity index (χ4n) is 2.05. The molecule has 0 unspecified atom stereocenters. The van der Waals surface area contributed by atoms with Gasteiger partial charge in [-0.3, -0.25) is 4.79 Å². The van der Waals surface area contributed by atoms with Crippen LogP contribution >= 0.6 is 0 Å². The number of Topliss-reactive ketones (excluding diaryl/α,β-unsaturated/α-hetero) is 1. The minimum absolute atomic E-state index is 0.0467. The molecule has 0 heterocycles. The lowest BCUT2D eigenvalue weighted by Crippen LogP contribution is -2.25. The molecule has 2 aromatic carbocycles. The van der Waals surface area contributed by atoms with E-state index < -0.39 is 0 Å². The molecule has 2 rings (SSSR count). The molecular weight excluding hydrogens is 250 g/mol. The monoisotopic (exact) mass is 269 g/mol. The summed E-state index contributed by atoms with van der Waals surface area (Å²) in [4.78, 5) is 12.0. The second-order valence-electron chi connectivity index (χ2n) is 4.86. The fraction of sp³-hybridized carbons (Fsp3) is 0.235. The second-order valence-corrected chi connectivity index (χ2v) is 4.86. The van der Waals surface area contributed by atoms with E-state index in [1.54, 1.807) is 18.2 Å². The van der Waals surface area contributed by atoms with E-state index in [0.717, 1.165) is 18.5 Å². The van der Waals surface area contributed by atoms with Crippen LogP contribution in [0.3, 0.4) is 0 Å². The molecule has 3 nitrogen and oxygen atoms in total. The molecule has 0 aliphatic carbocycles. The van der Waals surface area contributed by atoms with Gasteiger partial charge < -0.3 is 10.4 Å². The molecule has 0 aliphatic heterocycles.